The second-order valence-electron chi connectivity index (χ2n) is 11.7. The summed E-state index contributed by atoms with van der Waals surface area (Å²) in [6, 6.07) is 23.8. The van der Waals surface area contributed by atoms with Gasteiger partial charge in [-0.2, -0.15) is 0 Å². The Morgan fingerprint density at radius 2 is 1.70 bits per heavy atom. The number of hydrogen-bond donors (Lipinski definition) is 2. The van der Waals surface area contributed by atoms with E-state index in [1.54, 1.807) is 23.7 Å². The molecule has 2 aromatic carbocycles. The van der Waals surface area contributed by atoms with Gasteiger partial charge in [-0.05, 0) is 86.4 Å². The molecule has 2 N–H and O–H groups in total. The Kier molecular flexibility index (Phi) is 9.27. The van der Waals surface area contributed by atoms with Crippen LogP contribution in [0.1, 0.15) is 12.0 Å². The quantitative estimate of drug-likeness (QED) is 0.142. The van der Waals surface area contributed by atoms with Gasteiger partial charge in [0.05, 0.1) is 16.1 Å². The molecule has 4 aromatic heterocycles. The van der Waals surface area contributed by atoms with Crippen molar-refractivity contribution in [3.63, 3.8) is 0 Å². The van der Waals surface area contributed by atoms with Crippen LogP contribution in [0, 0.1) is 6.92 Å². The van der Waals surface area contributed by atoms with Gasteiger partial charge in [0.1, 0.15) is 11.4 Å². The van der Waals surface area contributed by atoms with Crippen LogP contribution < -0.4 is 15.4 Å². The molecular weight excluding hydrogens is 607 g/mol. The van der Waals surface area contributed by atoms with Gasteiger partial charge in [-0.1, -0.05) is 24.3 Å². The topological polar surface area (TPSA) is 104 Å². The lowest BCUT2D eigenvalue weighted by Gasteiger charge is -2.32. The molecule has 0 spiro atoms. The molecule has 0 radical (unpaired) electrons. The van der Waals surface area contributed by atoms with Gasteiger partial charge in [0.15, 0.2) is 5.82 Å². The van der Waals surface area contributed by atoms with Crippen LogP contribution in [0.2, 0.25) is 0 Å². The number of likely N-dealkylation sites (N-methyl/N-ethyl adjacent to an activating group) is 1. The Labute approximate surface area is 278 Å². The van der Waals surface area contributed by atoms with Crippen molar-refractivity contribution >= 4 is 39.6 Å². The van der Waals surface area contributed by atoms with Crippen molar-refractivity contribution in [3.8, 4) is 33.5 Å². The first-order valence-electron chi connectivity index (χ1n) is 15.9. The van der Waals surface area contributed by atoms with Crippen LogP contribution in [0.15, 0.2) is 90.6 Å². The van der Waals surface area contributed by atoms with E-state index in [2.05, 4.69) is 78.1 Å². The van der Waals surface area contributed by atoms with E-state index in [0.717, 1.165) is 84.0 Å². The number of anilines is 3. The van der Waals surface area contributed by atoms with Crippen molar-refractivity contribution in [3.05, 3.63) is 96.1 Å². The third-order valence-corrected chi connectivity index (χ3v) is 9.27. The largest absolute Gasteiger partial charge is 0.438 e. The standard InChI is InChI=1S/C36H37N9OS/c1-25-23-32(47-24-25)33-28-7-3-4-8-29(28)34(43-42-33)40-26-10-12-27(13-11-26)46-35-30(9-5-15-37-35)31-14-17-39-36(41-31)38-16-6-18-45-21-19-44(2)20-22-45/h3-5,7-15,17,23-24H,6,16,18-22H2,1-2H3,(H,40,43)(H,38,39,41). The Morgan fingerprint density at radius 1 is 0.872 bits per heavy atom. The summed E-state index contributed by atoms with van der Waals surface area (Å²) in [5.41, 5.74) is 4.53. The molecule has 0 bridgehead atoms. The van der Waals surface area contributed by atoms with Gasteiger partial charge in [0.2, 0.25) is 11.8 Å². The minimum Gasteiger partial charge on any atom is -0.438 e. The number of pyridine rings is 1. The van der Waals surface area contributed by atoms with Gasteiger partial charge >= 0.3 is 0 Å². The summed E-state index contributed by atoms with van der Waals surface area (Å²) >= 11 is 1.68. The fourth-order valence-electron chi connectivity index (χ4n) is 5.62. The molecule has 0 saturated carbocycles. The normalized spacial score (nSPS) is 13.9. The Bertz CT molecular complexity index is 1950. The van der Waals surface area contributed by atoms with E-state index in [9.17, 15) is 0 Å². The van der Waals surface area contributed by atoms with E-state index in [-0.39, 0.29) is 0 Å². The van der Waals surface area contributed by atoms with Crippen molar-refractivity contribution in [1.29, 1.82) is 0 Å². The zero-order chi connectivity index (χ0) is 32.0. The Hall–Kier alpha value is -4.97. The van der Waals surface area contributed by atoms with Gasteiger partial charge in [-0.15, -0.1) is 21.5 Å². The van der Waals surface area contributed by atoms with Gasteiger partial charge in [-0.3, -0.25) is 0 Å². The lowest BCUT2D eigenvalue weighted by atomic mass is 10.1. The number of benzene rings is 2. The lowest BCUT2D eigenvalue weighted by Crippen LogP contribution is -2.44. The van der Waals surface area contributed by atoms with Crippen LogP contribution in [0.3, 0.4) is 0 Å². The molecule has 10 nitrogen and oxygen atoms in total. The van der Waals surface area contributed by atoms with Crippen LogP contribution in [0.25, 0.3) is 32.6 Å². The average molecular weight is 644 g/mol. The molecule has 0 amide bonds. The first-order chi connectivity index (χ1) is 23.1. The highest BCUT2D eigenvalue weighted by Crippen LogP contribution is 2.35. The highest BCUT2D eigenvalue weighted by Gasteiger charge is 2.15. The fraction of sp³-hybridized carbons (Fsp3) is 0.250. The predicted molar refractivity (Wildman–Crippen MR) is 190 cm³/mol. The number of hydrogen-bond acceptors (Lipinski definition) is 11. The number of thiophene rings is 1. The molecule has 0 atom stereocenters. The summed E-state index contributed by atoms with van der Waals surface area (Å²) in [6.45, 7) is 8.49. The van der Waals surface area contributed by atoms with E-state index >= 15 is 0 Å². The predicted octanol–water partition coefficient (Wildman–Crippen LogP) is 7.10. The van der Waals surface area contributed by atoms with Crippen molar-refractivity contribution < 1.29 is 4.74 Å². The number of aryl methyl sites for hydroxylation is 1. The van der Waals surface area contributed by atoms with Gasteiger partial charge in [0, 0.05) is 61.6 Å². The zero-order valence-electron chi connectivity index (χ0n) is 26.6. The molecule has 5 heterocycles. The van der Waals surface area contributed by atoms with Crippen LogP contribution in [0.5, 0.6) is 11.6 Å². The number of ether oxygens (including phenoxy) is 1. The molecule has 0 unspecified atom stereocenters. The number of rotatable bonds is 11. The van der Waals surface area contributed by atoms with E-state index in [1.165, 1.54) is 5.56 Å². The minimum atomic E-state index is 0.476. The van der Waals surface area contributed by atoms with Crippen LogP contribution in [0.4, 0.5) is 17.5 Å². The highest BCUT2D eigenvalue weighted by atomic mass is 32.1. The second-order valence-corrected chi connectivity index (χ2v) is 12.6. The van der Waals surface area contributed by atoms with Crippen LogP contribution in [-0.4, -0.2) is 81.3 Å². The molecule has 47 heavy (non-hydrogen) atoms. The maximum absolute atomic E-state index is 6.26. The molecular formula is C36H37N9OS. The molecule has 1 fully saturated rings. The first kappa shape index (κ1) is 30.7. The number of nitrogens with one attached hydrogen (secondary N) is 2. The lowest BCUT2D eigenvalue weighted by molar-refractivity contribution is 0.154. The van der Waals surface area contributed by atoms with E-state index in [4.69, 9.17) is 9.72 Å². The van der Waals surface area contributed by atoms with E-state index in [0.29, 0.717) is 23.4 Å². The molecule has 0 aliphatic carbocycles. The van der Waals surface area contributed by atoms with Gasteiger partial charge in [-0.25, -0.2) is 15.0 Å². The Balaban J connectivity index is 1.01. The minimum absolute atomic E-state index is 0.476. The SMILES string of the molecule is Cc1csc(-c2nnc(Nc3ccc(Oc4ncccc4-c4ccnc(NCCCN5CCN(C)CC5)n4)cc3)c3ccccc23)c1. The molecule has 11 heteroatoms. The fourth-order valence-corrected chi connectivity index (χ4v) is 6.52. The third-order valence-electron chi connectivity index (χ3n) is 8.22. The smallest absolute Gasteiger partial charge is 0.228 e. The number of nitrogens with zero attached hydrogens (tertiary/aromatic N) is 7. The molecule has 1 aliphatic heterocycles. The van der Waals surface area contributed by atoms with Crippen molar-refractivity contribution in [1.82, 2.24) is 34.9 Å². The van der Waals surface area contributed by atoms with Gasteiger partial charge < -0.3 is 25.2 Å². The summed E-state index contributed by atoms with van der Waals surface area (Å²) in [5.74, 6) is 2.43. The van der Waals surface area contributed by atoms with Crippen LogP contribution in [-0.2, 0) is 0 Å². The summed E-state index contributed by atoms with van der Waals surface area (Å²) in [7, 11) is 2.18. The Morgan fingerprint density at radius 3 is 2.51 bits per heavy atom. The molecule has 1 saturated heterocycles. The van der Waals surface area contributed by atoms with Crippen LogP contribution >= 0.6 is 11.3 Å². The maximum Gasteiger partial charge on any atom is 0.228 e. The maximum atomic E-state index is 6.26. The van der Waals surface area contributed by atoms with E-state index in [1.807, 2.05) is 54.6 Å². The van der Waals surface area contributed by atoms with Gasteiger partial charge in [0.25, 0.3) is 0 Å². The first-order valence-corrected chi connectivity index (χ1v) is 16.8. The molecule has 6 aromatic rings. The third kappa shape index (κ3) is 7.38. The van der Waals surface area contributed by atoms with Crippen molar-refractivity contribution in [2.75, 3.05) is 56.9 Å². The monoisotopic (exact) mass is 643 g/mol. The highest BCUT2D eigenvalue weighted by molar-refractivity contribution is 7.13. The molecule has 238 valence electrons. The molecule has 7 rings (SSSR count). The summed E-state index contributed by atoms with van der Waals surface area (Å²) in [6.07, 6.45) is 4.52. The zero-order valence-corrected chi connectivity index (χ0v) is 27.4. The number of fused-ring (bicyclic) bond motifs is 1. The summed E-state index contributed by atoms with van der Waals surface area (Å²) in [5, 5.41) is 20.2. The number of aromatic nitrogens is 5. The van der Waals surface area contributed by atoms with Crippen molar-refractivity contribution in [2.45, 2.75) is 13.3 Å². The summed E-state index contributed by atoms with van der Waals surface area (Å²) < 4.78 is 6.26. The molecule has 1 aliphatic rings. The van der Waals surface area contributed by atoms with Crippen molar-refractivity contribution in [2.24, 2.45) is 0 Å². The second kappa shape index (κ2) is 14.2. The van der Waals surface area contributed by atoms with E-state index < -0.39 is 0 Å². The number of piperazine rings is 1. The average Bonchev–Trinajstić information content (AvgIpc) is 3.54. The summed E-state index contributed by atoms with van der Waals surface area (Å²) in [4.78, 5) is 19.7.